The summed E-state index contributed by atoms with van der Waals surface area (Å²) in [6, 6.07) is 0. The summed E-state index contributed by atoms with van der Waals surface area (Å²) in [6.07, 6.45) is 5.16. The van der Waals surface area contributed by atoms with Crippen LogP contribution in [0, 0.1) is 0 Å². The molecule has 2 N–H and O–H groups in total. The van der Waals surface area contributed by atoms with Crippen LogP contribution in [0.2, 0.25) is 0 Å². The summed E-state index contributed by atoms with van der Waals surface area (Å²) < 4.78 is 5.03. The van der Waals surface area contributed by atoms with E-state index in [4.69, 9.17) is 10.5 Å². The largest absolute Gasteiger partial charge is 0.385 e. The monoisotopic (exact) mass is 311 g/mol. The van der Waals surface area contributed by atoms with Gasteiger partial charge in [-0.05, 0) is 19.3 Å². The third-order valence-electron chi connectivity index (χ3n) is 3.57. The van der Waals surface area contributed by atoms with Crippen LogP contribution < -0.4 is 10.6 Å². The Labute approximate surface area is 130 Å². The van der Waals surface area contributed by atoms with E-state index in [1.54, 1.807) is 18.4 Å². The van der Waals surface area contributed by atoms with Crippen molar-refractivity contribution in [2.75, 3.05) is 51.3 Å². The van der Waals surface area contributed by atoms with E-state index in [2.05, 4.69) is 19.8 Å². The van der Waals surface area contributed by atoms with Crippen LogP contribution in [0.3, 0.4) is 0 Å². The fourth-order valence-corrected chi connectivity index (χ4v) is 3.02. The number of anilines is 1. The molecule has 0 aromatic carbocycles. The minimum atomic E-state index is 0.681. The van der Waals surface area contributed by atoms with Gasteiger partial charge in [0.05, 0.1) is 0 Å². The van der Waals surface area contributed by atoms with Crippen LogP contribution in [-0.2, 0) is 4.74 Å². The molecular weight excluding hydrogens is 286 g/mol. The van der Waals surface area contributed by atoms with E-state index in [1.807, 2.05) is 11.6 Å². The zero-order chi connectivity index (χ0) is 14.9. The van der Waals surface area contributed by atoms with Gasteiger partial charge in [0, 0.05) is 58.0 Å². The Balaban J connectivity index is 1.66. The maximum absolute atomic E-state index is 6.07. The Morgan fingerprint density at radius 1 is 1.33 bits per heavy atom. The number of nitrogens with zero attached hydrogens (tertiary/aromatic N) is 4. The van der Waals surface area contributed by atoms with Crippen LogP contribution in [0.4, 0.5) is 5.13 Å². The van der Waals surface area contributed by atoms with E-state index >= 15 is 0 Å². The topological polar surface area (TPSA) is 67.0 Å². The number of hydrogen-bond donors (Lipinski definition) is 1. The lowest BCUT2D eigenvalue weighted by Crippen LogP contribution is -2.51. The molecule has 1 aromatic rings. The quantitative estimate of drug-likeness (QED) is 0.468. The fourth-order valence-electron chi connectivity index (χ4n) is 2.33. The van der Waals surface area contributed by atoms with Gasteiger partial charge >= 0.3 is 0 Å². The zero-order valence-corrected chi connectivity index (χ0v) is 13.5. The van der Waals surface area contributed by atoms with Crippen LogP contribution in [0.15, 0.2) is 16.6 Å². The summed E-state index contributed by atoms with van der Waals surface area (Å²) in [6.45, 7) is 5.38. The van der Waals surface area contributed by atoms with Crippen molar-refractivity contribution in [3.8, 4) is 0 Å². The van der Waals surface area contributed by atoms with Crippen LogP contribution >= 0.6 is 11.3 Å². The molecule has 0 amide bonds. The molecule has 1 aliphatic heterocycles. The molecule has 0 bridgehead atoms. The molecule has 0 unspecified atom stereocenters. The minimum Gasteiger partial charge on any atom is -0.385 e. The molecule has 6 nitrogen and oxygen atoms in total. The molecule has 1 saturated heterocycles. The van der Waals surface area contributed by atoms with E-state index in [9.17, 15) is 0 Å². The summed E-state index contributed by atoms with van der Waals surface area (Å²) in [5, 5.41) is 3.12. The molecule has 1 aliphatic rings. The molecule has 1 aromatic heterocycles. The third kappa shape index (κ3) is 5.17. The first-order valence-corrected chi connectivity index (χ1v) is 8.37. The number of aliphatic imine (C=N–C) groups is 1. The molecule has 7 heteroatoms. The van der Waals surface area contributed by atoms with Crippen molar-refractivity contribution in [3.05, 3.63) is 11.6 Å². The molecule has 0 atom stereocenters. The second kappa shape index (κ2) is 8.84. The van der Waals surface area contributed by atoms with Crippen molar-refractivity contribution in [3.63, 3.8) is 0 Å². The fraction of sp³-hybridized carbons (Fsp3) is 0.714. The van der Waals surface area contributed by atoms with Crippen molar-refractivity contribution in [1.29, 1.82) is 0 Å². The highest BCUT2D eigenvalue weighted by molar-refractivity contribution is 7.13. The second-order valence-electron chi connectivity index (χ2n) is 5.08. The smallest absolute Gasteiger partial charge is 0.191 e. The van der Waals surface area contributed by atoms with Crippen molar-refractivity contribution < 1.29 is 4.74 Å². The minimum absolute atomic E-state index is 0.681. The van der Waals surface area contributed by atoms with Crippen LogP contribution in [-0.4, -0.2) is 62.3 Å². The first kappa shape index (κ1) is 16.0. The van der Waals surface area contributed by atoms with Gasteiger partial charge in [0.25, 0.3) is 0 Å². The van der Waals surface area contributed by atoms with Gasteiger partial charge in [0.15, 0.2) is 11.1 Å². The Morgan fingerprint density at radius 2 is 2.14 bits per heavy atom. The normalized spacial score (nSPS) is 16.5. The number of guanidine groups is 1. The van der Waals surface area contributed by atoms with Crippen LogP contribution in [0.5, 0.6) is 0 Å². The standard InChI is InChI=1S/C14H25N5OS/c1-20-11-4-2-3-5-16-13(15)18-7-9-19(10-8-18)14-17-6-12-21-14/h6,12H,2-5,7-11H2,1H3,(H2,15,16). The molecule has 2 rings (SSSR count). The summed E-state index contributed by atoms with van der Waals surface area (Å²) in [7, 11) is 1.74. The van der Waals surface area contributed by atoms with Crippen molar-refractivity contribution in [1.82, 2.24) is 9.88 Å². The Morgan fingerprint density at radius 3 is 2.81 bits per heavy atom. The molecule has 2 heterocycles. The second-order valence-corrected chi connectivity index (χ2v) is 5.96. The average Bonchev–Trinajstić information content (AvgIpc) is 3.05. The maximum atomic E-state index is 6.07. The first-order chi connectivity index (χ1) is 10.3. The van der Waals surface area contributed by atoms with Gasteiger partial charge in [-0.2, -0.15) is 0 Å². The summed E-state index contributed by atoms with van der Waals surface area (Å²) in [5.74, 6) is 0.681. The van der Waals surface area contributed by atoms with E-state index in [1.165, 1.54) is 0 Å². The number of rotatable bonds is 7. The van der Waals surface area contributed by atoms with E-state index < -0.39 is 0 Å². The number of piperazine rings is 1. The van der Waals surface area contributed by atoms with Gasteiger partial charge in [-0.1, -0.05) is 0 Å². The van der Waals surface area contributed by atoms with Gasteiger partial charge in [-0.15, -0.1) is 11.3 Å². The van der Waals surface area contributed by atoms with Gasteiger partial charge in [-0.25, -0.2) is 4.98 Å². The Hall–Kier alpha value is -1.34. The van der Waals surface area contributed by atoms with Gasteiger partial charge in [0.2, 0.25) is 0 Å². The maximum Gasteiger partial charge on any atom is 0.191 e. The van der Waals surface area contributed by atoms with Crippen molar-refractivity contribution in [2.24, 2.45) is 10.7 Å². The molecule has 0 spiro atoms. The molecule has 0 saturated carbocycles. The number of aromatic nitrogens is 1. The lowest BCUT2D eigenvalue weighted by molar-refractivity contribution is 0.192. The lowest BCUT2D eigenvalue weighted by Gasteiger charge is -2.35. The van der Waals surface area contributed by atoms with Crippen LogP contribution in [0.1, 0.15) is 19.3 Å². The molecule has 0 radical (unpaired) electrons. The highest BCUT2D eigenvalue weighted by Gasteiger charge is 2.19. The molecule has 1 fully saturated rings. The summed E-state index contributed by atoms with van der Waals surface area (Å²) in [4.78, 5) is 13.3. The van der Waals surface area contributed by atoms with E-state index in [-0.39, 0.29) is 0 Å². The highest BCUT2D eigenvalue weighted by Crippen LogP contribution is 2.18. The number of hydrogen-bond acceptors (Lipinski definition) is 5. The predicted molar refractivity (Wildman–Crippen MR) is 88.1 cm³/mol. The lowest BCUT2D eigenvalue weighted by atomic mass is 10.2. The number of methoxy groups -OCH3 is 1. The van der Waals surface area contributed by atoms with Gasteiger partial charge < -0.3 is 20.3 Å². The van der Waals surface area contributed by atoms with Crippen LogP contribution in [0.25, 0.3) is 0 Å². The molecule has 0 aliphatic carbocycles. The zero-order valence-electron chi connectivity index (χ0n) is 12.7. The predicted octanol–water partition coefficient (Wildman–Crippen LogP) is 1.40. The Bertz CT molecular complexity index is 415. The van der Waals surface area contributed by atoms with Crippen molar-refractivity contribution in [2.45, 2.75) is 19.3 Å². The summed E-state index contributed by atoms with van der Waals surface area (Å²) >= 11 is 1.69. The number of thiazole rings is 1. The average molecular weight is 311 g/mol. The van der Waals surface area contributed by atoms with Crippen molar-refractivity contribution >= 4 is 22.4 Å². The molecule has 21 heavy (non-hydrogen) atoms. The third-order valence-corrected chi connectivity index (χ3v) is 4.41. The van der Waals surface area contributed by atoms with E-state index in [0.29, 0.717) is 5.96 Å². The highest BCUT2D eigenvalue weighted by atomic mass is 32.1. The molecular formula is C14H25N5OS. The van der Waals surface area contributed by atoms with Gasteiger partial charge in [-0.3, -0.25) is 4.99 Å². The number of nitrogens with two attached hydrogens (primary N) is 1. The van der Waals surface area contributed by atoms with Gasteiger partial charge in [0.1, 0.15) is 0 Å². The summed E-state index contributed by atoms with van der Waals surface area (Å²) in [5.41, 5.74) is 6.07. The Kier molecular flexibility index (Phi) is 6.75. The van der Waals surface area contributed by atoms with E-state index in [0.717, 1.165) is 63.7 Å². The first-order valence-electron chi connectivity index (χ1n) is 7.49. The number of unbranched alkanes of at least 4 members (excludes halogenated alkanes) is 2. The SMILES string of the molecule is COCCCCCN=C(N)N1CCN(c2nccs2)CC1. The molecule has 118 valence electrons. The number of ether oxygens (including phenoxy) is 1.